The highest BCUT2D eigenvalue weighted by Gasteiger charge is 2.13. The van der Waals surface area contributed by atoms with Gasteiger partial charge in [-0.1, -0.05) is 63.2 Å². The second-order valence-corrected chi connectivity index (χ2v) is 7.31. The number of hydrogen-bond donors (Lipinski definition) is 2. The average molecular weight is 346 g/mol. The molecule has 0 saturated heterocycles. The van der Waals surface area contributed by atoms with Crippen LogP contribution in [0.2, 0.25) is 0 Å². The number of hydrogen-bond acceptors (Lipinski definition) is 4. The van der Waals surface area contributed by atoms with Gasteiger partial charge in [-0.15, -0.1) is 0 Å². The number of nitrogens with zero attached hydrogens (tertiary/aromatic N) is 2. The molecule has 1 aromatic heterocycles. The van der Waals surface area contributed by atoms with E-state index in [0.29, 0.717) is 5.95 Å². The summed E-state index contributed by atoms with van der Waals surface area (Å²) in [5.74, 6) is 1.40. The van der Waals surface area contributed by atoms with E-state index in [-0.39, 0.29) is 5.41 Å². The topological polar surface area (TPSA) is 49.8 Å². The maximum atomic E-state index is 4.62. The highest BCUT2D eigenvalue weighted by atomic mass is 15.1. The molecule has 0 aliphatic heterocycles. The molecule has 0 unspecified atom stereocenters. The Balaban J connectivity index is 1.90. The van der Waals surface area contributed by atoms with Crippen LogP contribution < -0.4 is 10.6 Å². The minimum Gasteiger partial charge on any atom is -0.354 e. The molecule has 0 saturated carbocycles. The van der Waals surface area contributed by atoms with Gasteiger partial charge in [0, 0.05) is 23.9 Å². The molecular weight excluding hydrogens is 320 g/mol. The van der Waals surface area contributed by atoms with Crippen molar-refractivity contribution in [1.82, 2.24) is 9.97 Å². The first-order valence-electron chi connectivity index (χ1n) is 9.01. The lowest BCUT2D eigenvalue weighted by molar-refractivity contribution is 0.590. The Bertz CT molecular complexity index is 850. The summed E-state index contributed by atoms with van der Waals surface area (Å²) < 4.78 is 0. The molecule has 2 aromatic carbocycles. The van der Waals surface area contributed by atoms with Crippen molar-refractivity contribution in [3.63, 3.8) is 0 Å². The molecule has 26 heavy (non-hydrogen) atoms. The summed E-state index contributed by atoms with van der Waals surface area (Å²) in [6.45, 7) is 9.47. The van der Waals surface area contributed by atoms with Crippen LogP contribution in [0, 0.1) is 0 Å². The molecule has 0 spiro atoms. The molecule has 1 heterocycles. The monoisotopic (exact) mass is 346 g/mol. The lowest BCUT2D eigenvalue weighted by Crippen LogP contribution is -2.10. The van der Waals surface area contributed by atoms with E-state index in [1.54, 1.807) is 0 Å². The third kappa shape index (κ3) is 4.39. The van der Waals surface area contributed by atoms with Crippen LogP contribution in [-0.4, -0.2) is 16.5 Å². The molecule has 2 N–H and O–H groups in total. The number of anilines is 3. The molecular formula is C22H26N4. The van der Waals surface area contributed by atoms with Crippen LogP contribution in [0.25, 0.3) is 11.3 Å². The molecule has 0 bridgehead atoms. The van der Waals surface area contributed by atoms with E-state index in [1.807, 2.05) is 31.2 Å². The molecule has 134 valence electrons. The Kier molecular flexibility index (Phi) is 5.21. The van der Waals surface area contributed by atoms with Crippen LogP contribution in [-0.2, 0) is 5.41 Å². The van der Waals surface area contributed by atoms with E-state index in [9.17, 15) is 0 Å². The van der Waals surface area contributed by atoms with Gasteiger partial charge in [0.25, 0.3) is 0 Å². The van der Waals surface area contributed by atoms with Crippen LogP contribution in [0.3, 0.4) is 0 Å². The summed E-state index contributed by atoms with van der Waals surface area (Å²) >= 11 is 0. The summed E-state index contributed by atoms with van der Waals surface area (Å²) in [5.41, 5.74) is 4.43. The first kappa shape index (κ1) is 17.9. The molecule has 0 atom stereocenters. The summed E-state index contributed by atoms with van der Waals surface area (Å²) in [7, 11) is 0. The first-order chi connectivity index (χ1) is 12.5. The van der Waals surface area contributed by atoms with Gasteiger partial charge in [0.05, 0.1) is 5.69 Å². The van der Waals surface area contributed by atoms with Gasteiger partial charge in [-0.05, 0) is 30.0 Å². The first-order valence-corrected chi connectivity index (χ1v) is 9.01. The van der Waals surface area contributed by atoms with Crippen LogP contribution >= 0.6 is 0 Å². The largest absolute Gasteiger partial charge is 0.354 e. The standard InChI is InChI=1S/C22H26N4/c1-5-23-21-25-19(16-9-7-6-8-10-16)15-20(26-21)24-18-13-11-17(12-14-18)22(2,3)4/h6-15H,5H2,1-4H3,(H2,23,24,25,26). The van der Waals surface area contributed by atoms with Crippen LogP contribution in [0.5, 0.6) is 0 Å². The summed E-state index contributed by atoms with van der Waals surface area (Å²) in [5, 5.41) is 6.61. The molecule has 3 aromatic rings. The Morgan fingerprint density at radius 3 is 2.19 bits per heavy atom. The molecule has 0 amide bonds. The van der Waals surface area contributed by atoms with Crippen molar-refractivity contribution in [2.24, 2.45) is 0 Å². The van der Waals surface area contributed by atoms with E-state index in [0.717, 1.165) is 29.3 Å². The molecule has 0 radical (unpaired) electrons. The van der Waals surface area contributed by atoms with Crippen LogP contribution in [0.15, 0.2) is 60.7 Å². The Labute approximate surface area is 155 Å². The maximum absolute atomic E-state index is 4.62. The average Bonchev–Trinajstić information content (AvgIpc) is 2.62. The van der Waals surface area contributed by atoms with Gasteiger partial charge in [0.15, 0.2) is 0 Å². The molecule has 4 nitrogen and oxygen atoms in total. The van der Waals surface area contributed by atoms with Crippen LogP contribution in [0.1, 0.15) is 33.3 Å². The van der Waals surface area contributed by atoms with Gasteiger partial charge < -0.3 is 10.6 Å². The zero-order valence-electron chi connectivity index (χ0n) is 15.9. The fraction of sp³-hybridized carbons (Fsp3) is 0.273. The van der Waals surface area contributed by atoms with Crippen molar-refractivity contribution in [3.8, 4) is 11.3 Å². The zero-order chi connectivity index (χ0) is 18.6. The fourth-order valence-electron chi connectivity index (χ4n) is 2.71. The Hall–Kier alpha value is -2.88. The van der Waals surface area contributed by atoms with Gasteiger partial charge in [-0.25, -0.2) is 4.98 Å². The van der Waals surface area contributed by atoms with E-state index in [4.69, 9.17) is 0 Å². The molecule has 0 fully saturated rings. The van der Waals surface area contributed by atoms with Crippen molar-refractivity contribution in [3.05, 3.63) is 66.2 Å². The second-order valence-electron chi connectivity index (χ2n) is 7.31. The minimum absolute atomic E-state index is 0.145. The third-order valence-corrected chi connectivity index (χ3v) is 4.15. The number of aromatic nitrogens is 2. The molecule has 4 heteroatoms. The van der Waals surface area contributed by atoms with Crippen molar-refractivity contribution >= 4 is 17.5 Å². The van der Waals surface area contributed by atoms with Gasteiger partial charge in [-0.2, -0.15) is 4.98 Å². The summed E-state index contributed by atoms with van der Waals surface area (Å²) in [6.07, 6.45) is 0. The Morgan fingerprint density at radius 2 is 1.58 bits per heavy atom. The SMILES string of the molecule is CCNc1nc(Nc2ccc(C(C)(C)C)cc2)cc(-c2ccccc2)n1. The third-order valence-electron chi connectivity index (χ3n) is 4.15. The molecule has 3 rings (SSSR count). The highest BCUT2D eigenvalue weighted by molar-refractivity contribution is 5.67. The fourth-order valence-corrected chi connectivity index (χ4v) is 2.71. The maximum Gasteiger partial charge on any atom is 0.225 e. The minimum atomic E-state index is 0.145. The van der Waals surface area contributed by atoms with E-state index < -0.39 is 0 Å². The number of rotatable bonds is 5. The van der Waals surface area contributed by atoms with Gasteiger partial charge in [0.1, 0.15) is 5.82 Å². The Morgan fingerprint density at radius 1 is 0.885 bits per heavy atom. The summed E-state index contributed by atoms with van der Waals surface area (Å²) in [4.78, 5) is 9.20. The predicted molar refractivity (Wildman–Crippen MR) is 110 cm³/mol. The molecule has 0 aliphatic rings. The second kappa shape index (κ2) is 7.56. The van der Waals surface area contributed by atoms with Crippen molar-refractivity contribution < 1.29 is 0 Å². The van der Waals surface area contributed by atoms with E-state index >= 15 is 0 Å². The van der Waals surface area contributed by atoms with Gasteiger partial charge in [-0.3, -0.25) is 0 Å². The van der Waals surface area contributed by atoms with Gasteiger partial charge >= 0.3 is 0 Å². The quantitative estimate of drug-likeness (QED) is 0.630. The lowest BCUT2D eigenvalue weighted by atomic mass is 9.87. The van der Waals surface area contributed by atoms with Crippen molar-refractivity contribution in [2.45, 2.75) is 33.1 Å². The normalized spacial score (nSPS) is 11.2. The van der Waals surface area contributed by atoms with E-state index in [1.165, 1.54) is 5.56 Å². The van der Waals surface area contributed by atoms with Crippen molar-refractivity contribution in [1.29, 1.82) is 0 Å². The lowest BCUT2D eigenvalue weighted by Gasteiger charge is -2.19. The van der Waals surface area contributed by atoms with Gasteiger partial charge in [0.2, 0.25) is 5.95 Å². The summed E-state index contributed by atoms with van der Waals surface area (Å²) in [6, 6.07) is 20.6. The van der Waals surface area contributed by atoms with E-state index in [2.05, 4.69) is 77.8 Å². The van der Waals surface area contributed by atoms with Crippen molar-refractivity contribution in [2.75, 3.05) is 17.2 Å². The number of benzene rings is 2. The van der Waals surface area contributed by atoms with Crippen LogP contribution in [0.4, 0.5) is 17.5 Å². The zero-order valence-corrected chi connectivity index (χ0v) is 15.9. The smallest absolute Gasteiger partial charge is 0.225 e. The highest BCUT2D eigenvalue weighted by Crippen LogP contribution is 2.26. The predicted octanol–water partition coefficient (Wildman–Crippen LogP) is 5.62. The molecule has 0 aliphatic carbocycles. The number of nitrogens with one attached hydrogen (secondary N) is 2.